The average Bonchev–Trinajstić information content (AvgIpc) is 2.28. The molecular weight excluding hydrogens is 190 g/mol. The Balaban J connectivity index is 2.35. The van der Waals surface area contributed by atoms with E-state index >= 15 is 0 Å². The Morgan fingerprint density at radius 3 is 2.53 bits per heavy atom. The summed E-state index contributed by atoms with van der Waals surface area (Å²) in [4.78, 5) is 0. The van der Waals surface area contributed by atoms with Crippen molar-refractivity contribution in [2.24, 2.45) is 5.73 Å². The van der Waals surface area contributed by atoms with Gasteiger partial charge in [-0.2, -0.15) is 0 Å². The molecule has 0 radical (unpaired) electrons. The van der Waals surface area contributed by atoms with Gasteiger partial charge in [-0.25, -0.2) is 10.4 Å². The molecule has 0 aromatic heterocycles. The predicted octanol–water partition coefficient (Wildman–Crippen LogP) is 0.731. The van der Waals surface area contributed by atoms with Gasteiger partial charge in [0.05, 0.1) is 12.1 Å². The van der Waals surface area contributed by atoms with Crippen molar-refractivity contribution in [3.63, 3.8) is 0 Å². The van der Waals surface area contributed by atoms with E-state index in [0.29, 0.717) is 13.2 Å². The Morgan fingerprint density at radius 2 is 2.00 bits per heavy atom. The second-order valence-corrected chi connectivity index (χ2v) is 4.56. The maximum atomic E-state index is 5.80. The molecule has 1 saturated heterocycles. The normalized spacial score (nSPS) is 22.6. The van der Waals surface area contributed by atoms with Gasteiger partial charge in [0.15, 0.2) is 0 Å². The average molecular weight is 215 g/mol. The lowest BCUT2D eigenvalue weighted by Gasteiger charge is -2.37. The molecule has 0 saturated carbocycles. The number of rotatable bonds is 6. The van der Waals surface area contributed by atoms with Crippen molar-refractivity contribution in [2.45, 2.75) is 38.6 Å². The highest BCUT2D eigenvalue weighted by Crippen LogP contribution is 2.10. The van der Waals surface area contributed by atoms with E-state index in [1.165, 1.54) is 19.3 Å². The zero-order chi connectivity index (χ0) is 11.1. The second kappa shape index (κ2) is 6.43. The standard InChI is InChI=1S/C11H25N3O/c1-3-15-10-11(2,9-12)13-14-7-5-4-6-8-14/h13H,3-10,12H2,1-2H3. The summed E-state index contributed by atoms with van der Waals surface area (Å²) in [5.41, 5.74) is 9.18. The van der Waals surface area contributed by atoms with E-state index < -0.39 is 0 Å². The molecule has 0 spiro atoms. The van der Waals surface area contributed by atoms with Gasteiger partial charge in [-0.1, -0.05) is 6.42 Å². The Morgan fingerprint density at radius 1 is 1.33 bits per heavy atom. The summed E-state index contributed by atoms with van der Waals surface area (Å²) in [6.45, 7) is 8.41. The van der Waals surface area contributed by atoms with Crippen molar-refractivity contribution >= 4 is 0 Å². The molecule has 1 unspecified atom stereocenters. The highest BCUT2D eigenvalue weighted by atomic mass is 16.5. The maximum absolute atomic E-state index is 5.80. The van der Waals surface area contributed by atoms with E-state index in [4.69, 9.17) is 10.5 Å². The first-order valence-electron chi connectivity index (χ1n) is 6.01. The van der Waals surface area contributed by atoms with Crippen LogP contribution in [0.3, 0.4) is 0 Å². The Labute approximate surface area is 93.1 Å². The van der Waals surface area contributed by atoms with Gasteiger partial charge in [-0.3, -0.25) is 0 Å². The molecular formula is C11H25N3O. The third kappa shape index (κ3) is 4.47. The van der Waals surface area contributed by atoms with Crippen LogP contribution in [0.25, 0.3) is 0 Å². The van der Waals surface area contributed by atoms with Crippen LogP contribution in [0.4, 0.5) is 0 Å². The van der Waals surface area contributed by atoms with Gasteiger partial charge in [0.25, 0.3) is 0 Å². The topological polar surface area (TPSA) is 50.5 Å². The summed E-state index contributed by atoms with van der Waals surface area (Å²) in [5.74, 6) is 0. The Kier molecular flexibility index (Phi) is 5.53. The summed E-state index contributed by atoms with van der Waals surface area (Å²) in [7, 11) is 0. The molecule has 1 rings (SSSR count). The lowest BCUT2D eigenvalue weighted by atomic mass is 10.1. The van der Waals surface area contributed by atoms with Gasteiger partial charge in [-0.05, 0) is 26.7 Å². The van der Waals surface area contributed by atoms with Crippen molar-refractivity contribution in [3.05, 3.63) is 0 Å². The monoisotopic (exact) mass is 215 g/mol. The number of nitrogens with two attached hydrogens (primary N) is 1. The summed E-state index contributed by atoms with van der Waals surface area (Å²) in [6, 6.07) is 0. The zero-order valence-electron chi connectivity index (χ0n) is 10.1. The van der Waals surface area contributed by atoms with Crippen molar-refractivity contribution in [1.82, 2.24) is 10.4 Å². The quantitative estimate of drug-likeness (QED) is 0.686. The molecule has 4 heteroatoms. The van der Waals surface area contributed by atoms with Crippen LogP contribution in [0, 0.1) is 0 Å². The molecule has 0 bridgehead atoms. The predicted molar refractivity (Wildman–Crippen MR) is 62.5 cm³/mol. The number of hydrogen-bond acceptors (Lipinski definition) is 4. The smallest absolute Gasteiger partial charge is 0.0670 e. The van der Waals surface area contributed by atoms with Crippen molar-refractivity contribution in [2.75, 3.05) is 32.8 Å². The Bertz CT molecular complexity index is 171. The van der Waals surface area contributed by atoms with E-state index in [1.54, 1.807) is 0 Å². The molecule has 4 nitrogen and oxygen atoms in total. The van der Waals surface area contributed by atoms with Gasteiger partial charge in [-0.15, -0.1) is 0 Å². The fourth-order valence-corrected chi connectivity index (χ4v) is 1.85. The third-order valence-electron chi connectivity index (χ3n) is 2.86. The van der Waals surface area contributed by atoms with Gasteiger partial charge in [0, 0.05) is 26.2 Å². The van der Waals surface area contributed by atoms with Gasteiger partial charge >= 0.3 is 0 Å². The molecule has 0 aromatic carbocycles. The summed E-state index contributed by atoms with van der Waals surface area (Å²) in [6.07, 6.45) is 3.91. The highest BCUT2D eigenvalue weighted by Gasteiger charge is 2.25. The number of ether oxygens (including phenoxy) is 1. The number of nitrogens with zero attached hydrogens (tertiary/aromatic N) is 1. The van der Waals surface area contributed by atoms with E-state index in [9.17, 15) is 0 Å². The van der Waals surface area contributed by atoms with Crippen LogP contribution in [0.15, 0.2) is 0 Å². The van der Waals surface area contributed by atoms with Crippen LogP contribution in [0.1, 0.15) is 33.1 Å². The van der Waals surface area contributed by atoms with Crippen molar-refractivity contribution in [3.8, 4) is 0 Å². The van der Waals surface area contributed by atoms with E-state index in [-0.39, 0.29) is 5.54 Å². The van der Waals surface area contributed by atoms with Crippen LogP contribution in [0.2, 0.25) is 0 Å². The number of hydrogen-bond donors (Lipinski definition) is 2. The van der Waals surface area contributed by atoms with Gasteiger partial charge in [0.2, 0.25) is 0 Å². The van der Waals surface area contributed by atoms with Crippen molar-refractivity contribution < 1.29 is 4.74 Å². The van der Waals surface area contributed by atoms with Crippen molar-refractivity contribution in [1.29, 1.82) is 0 Å². The maximum Gasteiger partial charge on any atom is 0.0670 e. The van der Waals surface area contributed by atoms with E-state index in [2.05, 4.69) is 17.4 Å². The molecule has 0 aliphatic carbocycles. The zero-order valence-corrected chi connectivity index (χ0v) is 10.1. The number of nitrogens with one attached hydrogen (secondary N) is 1. The van der Waals surface area contributed by atoms with Gasteiger partial charge < -0.3 is 10.5 Å². The third-order valence-corrected chi connectivity index (χ3v) is 2.86. The molecule has 90 valence electrons. The molecule has 1 fully saturated rings. The fraction of sp³-hybridized carbons (Fsp3) is 1.00. The lowest BCUT2D eigenvalue weighted by Crippen LogP contribution is -2.60. The first-order valence-corrected chi connectivity index (χ1v) is 6.01. The molecule has 1 aliphatic heterocycles. The summed E-state index contributed by atoms with van der Waals surface area (Å²) in [5, 5.41) is 2.29. The lowest BCUT2D eigenvalue weighted by molar-refractivity contribution is 0.0250. The summed E-state index contributed by atoms with van der Waals surface area (Å²) >= 11 is 0. The molecule has 1 heterocycles. The van der Waals surface area contributed by atoms with Crippen LogP contribution in [-0.2, 0) is 4.74 Å². The van der Waals surface area contributed by atoms with Crippen LogP contribution >= 0.6 is 0 Å². The van der Waals surface area contributed by atoms with E-state index in [1.807, 2.05) is 6.92 Å². The fourth-order valence-electron chi connectivity index (χ4n) is 1.85. The first kappa shape index (κ1) is 12.9. The molecule has 15 heavy (non-hydrogen) atoms. The molecule has 0 amide bonds. The largest absolute Gasteiger partial charge is 0.380 e. The molecule has 1 atom stereocenters. The minimum absolute atomic E-state index is 0.118. The minimum atomic E-state index is -0.118. The van der Waals surface area contributed by atoms with Gasteiger partial charge in [0.1, 0.15) is 0 Å². The van der Waals surface area contributed by atoms with Crippen LogP contribution in [0.5, 0.6) is 0 Å². The minimum Gasteiger partial charge on any atom is -0.380 e. The highest BCUT2D eigenvalue weighted by molar-refractivity contribution is 4.83. The molecule has 0 aromatic rings. The number of hydrazine groups is 1. The Hall–Kier alpha value is -0.160. The van der Waals surface area contributed by atoms with E-state index in [0.717, 1.165) is 19.7 Å². The van der Waals surface area contributed by atoms with Crippen LogP contribution in [-0.4, -0.2) is 43.4 Å². The first-order chi connectivity index (χ1) is 7.20. The van der Waals surface area contributed by atoms with Crippen LogP contribution < -0.4 is 11.2 Å². The second-order valence-electron chi connectivity index (χ2n) is 4.56. The SMILES string of the molecule is CCOCC(C)(CN)NN1CCCCC1. The number of piperidine rings is 1. The summed E-state index contributed by atoms with van der Waals surface area (Å²) < 4.78 is 5.46. The molecule has 1 aliphatic rings. The molecule has 3 N–H and O–H groups in total.